The highest BCUT2D eigenvalue weighted by Gasteiger charge is 2.10. The van der Waals surface area contributed by atoms with Gasteiger partial charge in [-0.1, -0.05) is 30.3 Å². The molecule has 3 rings (SSSR count). The van der Waals surface area contributed by atoms with Gasteiger partial charge < -0.3 is 4.57 Å². The van der Waals surface area contributed by atoms with Crippen molar-refractivity contribution in [1.82, 2.24) is 9.99 Å². The van der Waals surface area contributed by atoms with Crippen molar-refractivity contribution >= 4 is 5.91 Å². The maximum absolute atomic E-state index is 11.5. The molecule has 0 radical (unpaired) electrons. The van der Waals surface area contributed by atoms with Gasteiger partial charge in [0.1, 0.15) is 0 Å². The van der Waals surface area contributed by atoms with E-state index in [-0.39, 0.29) is 5.91 Å². The van der Waals surface area contributed by atoms with Crippen LogP contribution in [-0.4, -0.2) is 10.5 Å². The summed E-state index contributed by atoms with van der Waals surface area (Å²) in [7, 11) is 0. The number of aromatic nitrogens is 1. The van der Waals surface area contributed by atoms with Crippen LogP contribution < -0.4 is 11.3 Å². The summed E-state index contributed by atoms with van der Waals surface area (Å²) >= 11 is 0. The van der Waals surface area contributed by atoms with Crippen LogP contribution in [0.2, 0.25) is 0 Å². The first-order valence-electron chi connectivity index (χ1n) is 7.06. The van der Waals surface area contributed by atoms with Crippen LogP contribution in [0.15, 0.2) is 66.7 Å². The smallest absolute Gasteiger partial charge is 0.265 e. The number of nitrogens with two attached hydrogens (primary N) is 1. The number of hydrogen-bond donors (Lipinski definition) is 2. The Morgan fingerprint density at radius 2 is 1.64 bits per heavy atom. The molecule has 0 atom stereocenters. The van der Waals surface area contributed by atoms with Gasteiger partial charge in [-0.2, -0.15) is 0 Å². The number of carbonyl (C=O) groups excluding carboxylic acids is 1. The number of aryl methyl sites for hydroxylation is 1. The molecule has 22 heavy (non-hydrogen) atoms. The van der Waals surface area contributed by atoms with Gasteiger partial charge >= 0.3 is 0 Å². The summed E-state index contributed by atoms with van der Waals surface area (Å²) in [6.45, 7) is 2.06. The lowest BCUT2D eigenvalue weighted by Crippen LogP contribution is -2.29. The Labute approximate surface area is 129 Å². The van der Waals surface area contributed by atoms with Crippen molar-refractivity contribution in [2.75, 3.05) is 0 Å². The van der Waals surface area contributed by atoms with Gasteiger partial charge in [0.05, 0.1) is 5.69 Å². The molecule has 3 aromatic rings. The Hall–Kier alpha value is -2.85. The van der Waals surface area contributed by atoms with Gasteiger partial charge in [-0.05, 0) is 48.9 Å². The van der Waals surface area contributed by atoms with Gasteiger partial charge in [-0.15, -0.1) is 0 Å². The van der Waals surface area contributed by atoms with Crippen molar-refractivity contribution in [2.45, 2.75) is 6.92 Å². The largest absolute Gasteiger partial charge is 0.314 e. The highest BCUT2D eigenvalue weighted by atomic mass is 16.2. The number of rotatable bonds is 3. The van der Waals surface area contributed by atoms with Crippen molar-refractivity contribution in [3.63, 3.8) is 0 Å². The maximum Gasteiger partial charge on any atom is 0.265 e. The Morgan fingerprint density at radius 3 is 2.27 bits per heavy atom. The number of hydrogen-bond acceptors (Lipinski definition) is 2. The van der Waals surface area contributed by atoms with Gasteiger partial charge in [0, 0.05) is 16.9 Å². The highest BCUT2D eigenvalue weighted by molar-refractivity contribution is 5.93. The standard InChI is InChI=1S/C18H17N3O/c1-13-7-12-17(14-5-3-2-4-6-14)21(13)16-10-8-15(9-11-16)18(22)20-19/h2-12H,19H2,1H3,(H,20,22). The van der Waals surface area contributed by atoms with E-state index in [1.807, 2.05) is 30.3 Å². The number of hydrazine groups is 1. The summed E-state index contributed by atoms with van der Waals surface area (Å²) in [5, 5.41) is 0. The van der Waals surface area contributed by atoms with Crippen LogP contribution in [0.1, 0.15) is 16.1 Å². The number of carbonyl (C=O) groups is 1. The van der Waals surface area contributed by atoms with Crippen LogP contribution in [0, 0.1) is 6.92 Å². The molecule has 1 heterocycles. The van der Waals surface area contributed by atoms with Crippen molar-refractivity contribution in [1.29, 1.82) is 0 Å². The summed E-state index contributed by atoms with van der Waals surface area (Å²) in [6, 6.07) is 21.8. The maximum atomic E-state index is 11.5. The van der Waals surface area contributed by atoms with E-state index in [1.54, 1.807) is 12.1 Å². The normalized spacial score (nSPS) is 10.5. The predicted octanol–water partition coefficient (Wildman–Crippen LogP) is 3.06. The summed E-state index contributed by atoms with van der Waals surface area (Å²) in [6.07, 6.45) is 0. The molecule has 1 amide bonds. The molecule has 4 nitrogen and oxygen atoms in total. The average Bonchev–Trinajstić information content (AvgIpc) is 2.96. The minimum atomic E-state index is -0.293. The molecule has 0 fully saturated rings. The van der Waals surface area contributed by atoms with Crippen LogP contribution in [0.3, 0.4) is 0 Å². The van der Waals surface area contributed by atoms with E-state index in [4.69, 9.17) is 5.84 Å². The summed E-state index contributed by atoms with van der Waals surface area (Å²) in [4.78, 5) is 11.5. The van der Waals surface area contributed by atoms with Gasteiger partial charge in [0.25, 0.3) is 5.91 Å². The van der Waals surface area contributed by atoms with Crippen LogP contribution >= 0.6 is 0 Å². The fourth-order valence-corrected chi connectivity index (χ4v) is 2.56. The SMILES string of the molecule is Cc1ccc(-c2ccccc2)n1-c1ccc(C(=O)NN)cc1. The molecule has 3 N–H and O–H groups in total. The van der Waals surface area contributed by atoms with E-state index in [9.17, 15) is 4.79 Å². The number of nitrogens with zero attached hydrogens (tertiary/aromatic N) is 1. The molecule has 0 saturated carbocycles. The Balaban J connectivity index is 2.06. The molecule has 1 aromatic heterocycles. The minimum absolute atomic E-state index is 0.293. The highest BCUT2D eigenvalue weighted by Crippen LogP contribution is 2.26. The first-order valence-corrected chi connectivity index (χ1v) is 7.06. The van der Waals surface area contributed by atoms with Gasteiger partial charge in [0.2, 0.25) is 0 Å². The topological polar surface area (TPSA) is 60.0 Å². The fourth-order valence-electron chi connectivity index (χ4n) is 2.56. The average molecular weight is 291 g/mol. The number of benzene rings is 2. The molecule has 0 bridgehead atoms. The van der Waals surface area contributed by atoms with Crippen molar-refractivity contribution in [3.8, 4) is 16.9 Å². The summed E-state index contributed by atoms with van der Waals surface area (Å²) in [5.41, 5.74) is 7.09. The molecule has 0 aliphatic heterocycles. The molecule has 0 saturated heterocycles. The van der Waals surface area contributed by atoms with E-state index in [1.165, 1.54) is 0 Å². The summed E-state index contributed by atoms with van der Waals surface area (Å²) in [5.74, 6) is 4.86. The first kappa shape index (κ1) is 14.1. The molecule has 2 aromatic carbocycles. The predicted molar refractivity (Wildman–Crippen MR) is 87.6 cm³/mol. The van der Waals surface area contributed by atoms with Crippen LogP contribution in [0.4, 0.5) is 0 Å². The zero-order valence-electron chi connectivity index (χ0n) is 12.3. The second kappa shape index (κ2) is 5.87. The molecule has 0 aliphatic carbocycles. The second-order valence-corrected chi connectivity index (χ2v) is 5.08. The molecule has 0 aliphatic rings. The van der Waals surface area contributed by atoms with E-state index >= 15 is 0 Å². The van der Waals surface area contributed by atoms with Crippen LogP contribution in [-0.2, 0) is 0 Å². The number of amides is 1. The van der Waals surface area contributed by atoms with Crippen molar-refractivity contribution in [2.24, 2.45) is 5.84 Å². The third kappa shape index (κ3) is 2.52. The van der Waals surface area contributed by atoms with Gasteiger partial charge in [-0.25, -0.2) is 5.84 Å². The van der Waals surface area contributed by atoms with Crippen molar-refractivity contribution < 1.29 is 4.79 Å². The molecule has 4 heteroatoms. The lowest BCUT2D eigenvalue weighted by Gasteiger charge is -2.12. The third-order valence-electron chi connectivity index (χ3n) is 3.66. The van der Waals surface area contributed by atoms with Crippen LogP contribution in [0.25, 0.3) is 16.9 Å². The lowest BCUT2D eigenvalue weighted by atomic mass is 10.1. The third-order valence-corrected chi connectivity index (χ3v) is 3.66. The van der Waals surface area contributed by atoms with E-state index in [0.717, 1.165) is 22.6 Å². The van der Waals surface area contributed by atoms with Gasteiger partial charge in [-0.3, -0.25) is 10.2 Å². The van der Waals surface area contributed by atoms with Crippen molar-refractivity contribution in [3.05, 3.63) is 78.0 Å². The molecular weight excluding hydrogens is 274 g/mol. The lowest BCUT2D eigenvalue weighted by molar-refractivity contribution is 0.0953. The first-order chi connectivity index (χ1) is 10.7. The Bertz CT molecular complexity index is 789. The quantitative estimate of drug-likeness (QED) is 0.442. The fraction of sp³-hybridized carbons (Fsp3) is 0.0556. The summed E-state index contributed by atoms with van der Waals surface area (Å²) < 4.78 is 2.17. The van der Waals surface area contributed by atoms with E-state index < -0.39 is 0 Å². The van der Waals surface area contributed by atoms with E-state index in [0.29, 0.717) is 5.56 Å². The monoisotopic (exact) mass is 291 g/mol. The zero-order valence-corrected chi connectivity index (χ0v) is 12.3. The van der Waals surface area contributed by atoms with Gasteiger partial charge in [0.15, 0.2) is 0 Å². The van der Waals surface area contributed by atoms with E-state index in [2.05, 4.69) is 41.2 Å². The molecule has 110 valence electrons. The Kier molecular flexibility index (Phi) is 3.76. The second-order valence-electron chi connectivity index (χ2n) is 5.08. The molecule has 0 spiro atoms. The molecule has 0 unspecified atom stereocenters. The Morgan fingerprint density at radius 1 is 0.955 bits per heavy atom. The number of nitrogen functional groups attached to an aromatic ring is 1. The molecular formula is C18H17N3O. The van der Waals surface area contributed by atoms with Crippen LogP contribution in [0.5, 0.6) is 0 Å². The minimum Gasteiger partial charge on any atom is -0.314 e. The number of nitrogens with one attached hydrogen (secondary N) is 1. The zero-order chi connectivity index (χ0) is 15.5.